The zero-order chi connectivity index (χ0) is 11.1. The number of aliphatic hydroxyl groups is 1. The van der Waals surface area contributed by atoms with Gasteiger partial charge in [0.05, 0.1) is 19.7 Å². The van der Waals surface area contributed by atoms with Gasteiger partial charge in [0.25, 0.3) is 6.43 Å². The summed E-state index contributed by atoms with van der Waals surface area (Å²) in [6.45, 7) is -0.713. The lowest BCUT2D eigenvalue weighted by Gasteiger charge is -2.21. The zero-order valence-corrected chi connectivity index (χ0v) is 8.41. The monoisotopic (exact) mass is 210 g/mol. The molecule has 1 N–H and O–H groups in total. The van der Waals surface area contributed by atoms with Gasteiger partial charge in [-0.25, -0.2) is 8.78 Å². The van der Waals surface area contributed by atoms with Crippen LogP contribution >= 0.6 is 0 Å². The third-order valence-electron chi connectivity index (χ3n) is 1.67. The number of hydrogen-bond donors (Lipinski definition) is 1. The van der Waals surface area contributed by atoms with Gasteiger partial charge in [-0.2, -0.15) is 0 Å². The van der Waals surface area contributed by atoms with Gasteiger partial charge in [0.1, 0.15) is 0 Å². The second-order valence-electron chi connectivity index (χ2n) is 3.14. The molecule has 4 nitrogen and oxygen atoms in total. The van der Waals surface area contributed by atoms with Crippen molar-refractivity contribution in [1.82, 2.24) is 9.80 Å². The number of hydrogen-bond acceptors (Lipinski definition) is 3. The van der Waals surface area contributed by atoms with Gasteiger partial charge in [-0.1, -0.05) is 0 Å². The Hall–Kier alpha value is -0.750. The zero-order valence-electron chi connectivity index (χ0n) is 8.41. The average molecular weight is 210 g/mol. The molecule has 84 valence electrons. The van der Waals surface area contributed by atoms with E-state index in [1.807, 2.05) is 0 Å². The van der Waals surface area contributed by atoms with E-state index in [4.69, 9.17) is 5.11 Å². The smallest absolute Gasteiger partial charge is 0.251 e. The summed E-state index contributed by atoms with van der Waals surface area (Å²) in [4.78, 5) is 13.7. The molecule has 0 radical (unpaired) electrons. The molecule has 0 aromatic heterocycles. The first-order valence-corrected chi connectivity index (χ1v) is 4.29. The van der Waals surface area contributed by atoms with Crippen LogP contribution in [0.1, 0.15) is 0 Å². The molecule has 0 saturated heterocycles. The molecule has 1 amide bonds. The fourth-order valence-corrected chi connectivity index (χ4v) is 0.904. The lowest BCUT2D eigenvalue weighted by atomic mass is 10.4. The minimum atomic E-state index is -2.49. The SMILES string of the molecule is CN(C)C(=O)CN(CCO)CC(F)F. The molecule has 0 aliphatic carbocycles. The Morgan fingerprint density at radius 1 is 1.43 bits per heavy atom. The van der Waals surface area contributed by atoms with Crippen LogP contribution in [0.5, 0.6) is 0 Å². The van der Waals surface area contributed by atoms with Crippen molar-refractivity contribution in [2.45, 2.75) is 6.43 Å². The van der Waals surface area contributed by atoms with Crippen LogP contribution in [0.4, 0.5) is 8.78 Å². The summed E-state index contributed by atoms with van der Waals surface area (Å²) in [5, 5.41) is 8.59. The maximum atomic E-state index is 12.0. The van der Waals surface area contributed by atoms with Crippen LogP contribution in [0, 0.1) is 0 Å². The third kappa shape index (κ3) is 5.82. The van der Waals surface area contributed by atoms with Crippen LogP contribution in [0.15, 0.2) is 0 Å². The molecule has 0 aromatic carbocycles. The molecular weight excluding hydrogens is 194 g/mol. The van der Waals surface area contributed by atoms with Gasteiger partial charge in [-0.15, -0.1) is 0 Å². The quantitative estimate of drug-likeness (QED) is 0.650. The molecule has 0 fully saturated rings. The summed E-state index contributed by atoms with van der Waals surface area (Å²) in [5.74, 6) is -0.251. The Morgan fingerprint density at radius 3 is 2.36 bits per heavy atom. The van der Waals surface area contributed by atoms with E-state index in [1.165, 1.54) is 9.80 Å². The van der Waals surface area contributed by atoms with E-state index in [2.05, 4.69) is 0 Å². The summed E-state index contributed by atoms with van der Waals surface area (Å²) in [6, 6.07) is 0. The van der Waals surface area contributed by atoms with Crippen molar-refractivity contribution in [2.24, 2.45) is 0 Å². The number of alkyl halides is 2. The Bertz CT molecular complexity index is 177. The normalized spacial score (nSPS) is 11.1. The highest BCUT2D eigenvalue weighted by Crippen LogP contribution is 1.98. The molecule has 0 heterocycles. The molecule has 6 heteroatoms. The van der Waals surface area contributed by atoms with Crippen molar-refractivity contribution in [3.63, 3.8) is 0 Å². The Balaban J connectivity index is 4.01. The van der Waals surface area contributed by atoms with E-state index < -0.39 is 13.0 Å². The molecule has 0 bridgehead atoms. The summed E-state index contributed by atoms with van der Waals surface area (Å²) in [6.07, 6.45) is -2.49. The maximum Gasteiger partial charge on any atom is 0.251 e. The number of carbonyl (C=O) groups is 1. The van der Waals surface area contributed by atoms with Crippen molar-refractivity contribution >= 4 is 5.91 Å². The van der Waals surface area contributed by atoms with Gasteiger partial charge in [0, 0.05) is 20.6 Å². The lowest BCUT2D eigenvalue weighted by Crippen LogP contribution is -2.40. The predicted molar refractivity (Wildman–Crippen MR) is 48.2 cm³/mol. The Labute approximate surface area is 82.1 Å². The first-order valence-electron chi connectivity index (χ1n) is 4.29. The summed E-state index contributed by atoms with van der Waals surface area (Å²) in [5.41, 5.74) is 0. The summed E-state index contributed by atoms with van der Waals surface area (Å²) < 4.78 is 24.0. The van der Waals surface area contributed by atoms with E-state index in [9.17, 15) is 13.6 Å². The van der Waals surface area contributed by atoms with Gasteiger partial charge < -0.3 is 10.0 Å². The van der Waals surface area contributed by atoms with Crippen LogP contribution in [0.3, 0.4) is 0 Å². The molecule has 0 aliphatic heterocycles. The summed E-state index contributed by atoms with van der Waals surface area (Å²) >= 11 is 0. The van der Waals surface area contributed by atoms with E-state index in [-0.39, 0.29) is 25.6 Å². The number of nitrogens with zero attached hydrogens (tertiary/aromatic N) is 2. The molecule has 0 spiro atoms. The van der Waals surface area contributed by atoms with E-state index in [0.29, 0.717) is 0 Å². The second-order valence-corrected chi connectivity index (χ2v) is 3.14. The molecule has 0 unspecified atom stereocenters. The third-order valence-corrected chi connectivity index (χ3v) is 1.67. The Morgan fingerprint density at radius 2 is 2.00 bits per heavy atom. The first-order chi connectivity index (χ1) is 6.47. The summed E-state index contributed by atoms with van der Waals surface area (Å²) in [7, 11) is 3.11. The Kier molecular flexibility index (Phi) is 6.31. The average Bonchev–Trinajstić information content (AvgIpc) is 2.02. The van der Waals surface area contributed by atoms with Crippen molar-refractivity contribution < 1.29 is 18.7 Å². The van der Waals surface area contributed by atoms with Gasteiger partial charge >= 0.3 is 0 Å². The molecule has 0 rings (SSSR count). The predicted octanol–water partition coefficient (Wildman–Crippen LogP) is -0.366. The topological polar surface area (TPSA) is 43.8 Å². The van der Waals surface area contributed by atoms with E-state index in [1.54, 1.807) is 14.1 Å². The molecule has 0 aliphatic rings. The highest BCUT2D eigenvalue weighted by atomic mass is 19.3. The van der Waals surface area contributed by atoms with E-state index >= 15 is 0 Å². The van der Waals surface area contributed by atoms with Gasteiger partial charge in [-0.3, -0.25) is 9.69 Å². The molecule has 0 atom stereocenters. The molecule has 14 heavy (non-hydrogen) atoms. The number of carbonyl (C=O) groups excluding carboxylic acids is 1. The number of rotatable bonds is 6. The maximum absolute atomic E-state index is 12.0. The number of halogens is 2. The van der Waals surface area contributed by atoms with Crippen LogP contribution in [0.2, 0.25) is 0 Å². The van der Waals surface area contributed by atoms with Gasteiger partial charge in [0.15, 0.2) is 0 Å². The second kappa shape index (κ2) is 6.67. The van der Waals surface area contributed by atoms with Crippen molar-refractivity contribution in [3.8, 4) is 0 Å². The number of likely N-dealkylation sites (N-methyl/N-ethyl adjacent to an activating group) is 1. The van der Waals surface area contributed by atoms with Gasteiger partial charge in [-0.05, 0) is 0 Å². The molecule has 0 aromatic rings. The fraction of sp³-hybridized carbons (Fsp3) is 0.875. The minimum absolute atomic E-state index is 0.0854. The molecule has 0 saturated carbocycles. The van der Waals surface area contributed by atoms with Crippen LogP contribution < -0.4 is 0 Å². The van der Waals surface area contributed by atoms with Crippen molar-refractivity contribution in [3.05, 3.63) is 0 Å². The van der Waals surface area contributed by atoms with Crippen LogP contribution in [-0.2, 0) is 4.79 Å². The highest BCUT2D eigenvalue weighted by molar-refractivity contribution is 5.77. The molecular formula is C8H16F2N2O2. The standard InChI is InChI=1S/C8H16F2N2O2/c1-11(2)8(14)6-12(3-4-13)5-7(9)10/h7,13H,3-6H2,1-2H3. The number of amides is 1. The lowest BCUT2D eigenvalue weighted by molar-refractivity contribution is -0.130. The van der Waals surface area contributed by atoms with E-state index in [0.717, 1.165) is 0 Å². The minimum Gasteiger partial charge on any atom is -0.395 e. The van der Waals surface area contributed by atoms with Crippen molar-refractivity contribution in [1.29, 1.82) is 0 Å². The van der Waals surface area contributed by atoms with Gasteiger partial charge in [0.2, 0.25) is 5.91 Å². The fourth-order valence-electron chi connectivity index (χ4n) is 0.904. The van der Waals surface area contributed by atoms with Crippen LogP contribution in [-0.4, -0.2) is 67.6 Å². The van der Waals surface area contributed by atoms with Crippen molar-refractivity contribution in [2.75, 3.05) is 40.3 Å². The van der Waals surface area contributed by atoms with Crippen LogP contribution in [0.25, 0.3) is 0 Å². The highest BCUT2D eigenvalue weighted by Gasteiger charge is 2.15. The number of aliphatic hydroxyl groups excluding tert-OH is 1. The largest absolute Gasteiger partial charge is 0.395 e. The first kappa shape index (κ1) is 13.2.